The van der Waals surface area contributed by atoms with Crippen molar-refractivity contribution in [2.75, 3.05) is 6.54 Å². The molecule has 2 rings (SSSR count). The Hall–Kier alpha value is -2.15. The molecular formula is C16H20N2O4S. The summed E-state index contributed by atoms with van der Waals surface area (Å²) < 4.78 is 5.62. The number of carbonyl (C=O) groups is 2. The monoisotopic (exact) mass is 336 g/mol. The van der Waals surface area contributed by atoms with E-state index in [1.807, 2.05) is 30.7 Å². The minimum absolute atomic E-state index is 0.0388. The van der Waals surface area contributed by atoms with Crippen LogP contribution in [0.5, 0.6) is 0 Å². The lowest BCUT2D eigenvalue weighted by Crippen LogP contribution is -2.42. The average molecular weight is 336 g/mol. The number of aryl methyl sites for hydroxylation is 1. The Morgan fingerprint density at radius 1 is 1.48 bits per heavy atom. The predicted molar refractivity (Wildman–Crippen MR) is 87.4 cm³/mol. The Bertz CT molecular complexity index is 678. The van der Waals surface area contributed by atoms with E-state index in [9.17, 15) is 9.59 Å². The first-order valence-electron chi connectivity index (χ1n) is 7.42. The summed E-state index contributed by atoms with van der Waals surface area (Å²) in [6, 6.07) is 1.76. The van der Waals surface area contributed by atoms with Crippen LogP contribution in [0, 0.1) is 6.92 Å². The van der Waals surface area contributed by atoms with E-state index in [0.29, 0.717) is 23.8 Å². The Labute approximate surface area is 138 Å². The van der Waals surface area contributed by atoms with Crippen molar-refractivity contribution in [1.82, 2.24) is 9.88 Å². The molecule has 1 atom stereocenters. The van der Waals surface area contributed by atoms with Crippen molar-refractivity contribution in [3.63, 3.8) is 0 Å². The number of rotatable bonds is 7. The van der Waals surface area contributed by atoms with E-state index in [4.69, 9.17) is 9.52 Å². The number of carboxylic acids is 1. The number of nitrogens with zero attached hydrogens (tertiary/aromatic N) is 2. The van der Waals surface area contributed by atoms with Gasteiger partial charge in [0.15, 0.2) is 0 Å². The first-order chi connectivity index (χ1) is 10.9. The van der Waals surface area contributed by atoms with E-state index < -0.39 is 5.97 Å². The maximum Gasteiger partial charge on any atom is 0.323 e. The van der Waals surface area contributed by atoms with Gasteiger partial charge in [-0.1, -0.05) is 6.92 Å². The fraction of sp³-hybridized carbons (Fsp3) is 0.438. The summed E-state index contributed by atoms with van der Waals surface area (Å²) in [7, 11) is 0. The highest BCUT2D eigenvalue weighted by Gasteiger charge is 2.24. The first kappa shape index (κ1) is 17.2. The lowest BCUT2D eigenvalue weighted by molar-refractivity contribution is -0.145. The standard InChI is InChI=1S/C16H20N2O4S/c1-4-10(2)18(8-15(20)21)14(19)7-13-11(3)22-16(17-13)12-5-6-23-9-12/h5-6,9-10H,4,7-8H2,1-3H3,(H,20,21). The van der Waals surface area contributed by atoms with Gasteiger partial charge in [-0.05, 0) is 31.7 Å². The number of aromatic nitrogens is 1. The number of carbonyl (C=O) groups excluding carboxylic acids is 1. The number of hydrogen-bond acceptors (Lipinski definition) is 5. The van der Waals surface area contributed by atoms with Crippen molar-refractivity contribution in [3.8, 4) is 11.5 Å². The number of carboxylic acid groups (broad SMARTS) is 1. The van der Waals surface area contributed by atoms with Gasteiger partial charge >= 0.3 is 5.97 Å². The summed E-state index contributed by atoms with van der Waals surface area (Å²) in [5.74, 6) is -0.205. The number of thiophene rings is 1. The summed E-state index contributed by atoms with van der Waals surface area (Å²) in [6.07, 6.45) is 0.730. The molecule has 7 heteroatoms. The van der Waals surface area contributed by atoms with Gasteiger partial charge in [-0.25, -0.2) is 4.98 Å². The number of oxazole rings is 1. The highest BCUT2D eigenvalue weighted by Crippen LogP contribution is 2.24. The molecule has 0 aliphatic carbocycles. The van der Waals surface area contributed by atoms with Crippen LogP contribution < -0.4 is 0 Å². The van der Waals surface area contributed by atoms with Gasteiger partial charge in [0, 0.05) is 17.0 Å². The molecule has 0 aliphatic rings. The lowest BCUT2D eigenvalue weighted by Gasteiger charge is -2.26. The van der Waals surface area contributed by atoms with Crippen LogP contribution in [0.25, 0.3) is 11.5 Å². The van der Waals surface area contributed by atoms with Crippen LogP contribution in [0.15, 0.2) is 21.2 Å². The van der Waals surface area contributed by atoms with Crippen molar-refractivity contribution in [1.29, 1.82) is 0 Å². The molecule has 0 aliphatic heterocycles. The molecule has 2 aromatic heterocycles. The number of amides is 1. The van der Waals surface area contributed by atoms with Crippen molar-refractivity contribution < 1.29 is 19.1 Å². The summed E-state index contributed by atoms with van der Waals surface area (Å²) in [5.41, 5.74) is 1.43. The van der Waals surface area contributed by atoms with E-state index >= 15 is 0 Å². The number of hydrogen-bond donors (Lipinski definition) is 1. The second-order valence-electron chi connectivity index (χ2n) is 5.38. The topological polar surface area (TPSA) is 83.6 Å². The third-order valence-electron chi connectivity index (χ3n) is 3.73. The molecular weight excluding hydrogens is 316 g/mol. The Kier molecular flexibility index (Phi) is 5.54. The maximum absolute atomic E-state index is 12.5. The zero-order valence-corrected chi connectivity index (χ0v) is 14.2. The fourth-order valence-electron chi connectivity index (χ4n) is 2.20. The summed E-state index contributed by atoms with van der Waals surface area (Å²) >= 11 is 1.54. The van der Waals surface area contributed by atoms with Crippen molar-refractivity contribution in [2.24, 2.45) is 0 Å². The van der Waals surface area contributed by atoms with Crippen LogP contribution in [-0.4, -0.2) is 39.5 Å². The molecule has 0 spiro atoms. The molecule has 2 heterocycles. The van der Waals surface area contributed by atoms with Crippen LogP contribution in [0.1, 0.15) is 31.7 Å². The summed E-state index contributed by atoms with van der Waals surface area (Å²) in [6.45, 7) is 5.22. The molecule has 23 heavy (non-hydrogen) atoms. The molecule has 0 radical (unpaired) electrons. The normalized spacial score (nSPS) is 12.1. The van der Waals surface area contributed by atoms with E-state index in [1.165, 1.54) is 4.90 Å². The quantitative estimate of drug-likeness (QED) is 0.840. The lowest BCUT2D eigenvalue weighted by atomic mass is 10.1. The van der Waals surface area contributed by atoms with Crippen LogP contribution >= 0.6 is 11.3 Å². The zero-order valence-electron chi connectivity index (χ0n) is 13.4. The van der Waals surface area contributed by atoms with Crippen LogP contribution in [-0.2, 0) is 16.0 Å². The zero-order chi connectivity index (χ0) is 17.0. The Balaban J connectivity index is 2.16. The molecule has 1 unspecified atom stereocenters. The van der Waals surface area contributed by atoms with E-state index in [2.05, 4.69) is 4.98 Å². The first-order valence-corrected chi connectivity index (χ1v) is 8.36. The van der Waals surface area contributed by atoms with E-state index in [-0.39, 0.29) is 24.9 Å². The van der Waals surface area contributed by atoms with Crippen LogP contribution in [0.2, 0.25) is 0 Å². The van der Waals surface area contributed by atoms with Gasteiger partial charge in [0.05, 0.1) is 12.1 Å². The minimum atomic E-state index is -1.02. The van der Waals surface area contributed by atoms with Gasteiger partial charge in [0.25, 0.3) is 0 Å². The SMILES string of the molecule is CCC(C)N(CC(=O)O)C(=O)Cc1nc(-c2ccsc2)oc1C. The van der Waals surface area contributed by atoms with Crippen molar-refractivity contribution in [3.05, 3.63) is 28.3 Å². The fourth-order valence-corrected chi connectivity index (χ4v) is 2.83. The molecule has 6 nitrogen and oxygen atoms in total. The molecule has 0 bridgehead atoms. The summed E-state index contributed by atoms with van der Waals surface area (Å²) in [4.78, 5) is 29.2. The van der Waals surface area contributed by atoms with Gasteiger partial charge in [-0.2, -0.15) is 11.3 Å². The predicted octanol–water partition coefficient (Wildman–Crippen LogP) is 2.97. The molecule has 1 amide bonds. The molecule has 0 fully saturated rings. The largest absolute Gasteiger partial charge is 0.480 e. The highest BCUT2D eigenvalue weighted by atomic mass is 32.1. The average Bonchev–Trinajstić information content (AvgIpc) is 3.14. The molecule has 1 N–H and O–H groups in total. The summed E-state index contributed by atoms with van der Waals surface area (Å²) in [5, 5.41) is 12.9. The molecule has 0 aromatic carbocycles. The van der Waals surface area contributed by atoms with Gasteiger partial charge < -0.3 is 14.4 Å². The molecule has 0 saturated heterocycles. The van der Waals surface area contributed by atoms with Gasteiger partial charge in [-0.15, -0.1) is 0 Å². The third kappa shape index (κ3) is 4.19. The Morgan fingerprint density at radius 3 is 2.78 bits per heavy atom. The van der Waals surface area contributed by atoms with Crippen LogP contribution in [0.4, 0.5) is 0 Å². The van der Waals surface area contributed by atoms with E-state index in [0.717, 1.165) is 5.56 Å². The number of aliphatic carboxylic acids is 1. The molecule has 2 aromatic rings. The minimum Gasteiger partial charge on any atom is -0.480 e. The second kappa shape index (κ2) is 7.41. The second-order valence-corrected chi connectivity index (χ2v) is 6.16. The smallest absolute Gasteiger partial charge is 0.323 e. The van der Waals surface area contributed by atoms with E-state index in [1.54, 1.807) is 18.3 Å². The molecule has 124 valence electrons. The van der Waals surface area contributed by atoms with Crippen LogP contribution in [0.3, 0.4) is 0 Å². The van der Waals surface area contributed by atoms with Gasteiger partial charge in [-0.3, -0.25) is 9.59 Å². The Morgan fingerprint density at radius 2 is 2.22 bits per heavy atom. The van der Waals surface area contributed by atoms with Crippen molar-refractivity contribution >= 4 is 23.2 Å². The van der Waals surface area contributed by atoms with Gasteiger partial charge in [0.2, 0.25) is 11.8 Å². The maximum atomic E-state index is 12.5. The molecule has 0 saturated carbocycles. The third-order valence-corrected chi connectivity index (χ3v) is 4.41. The van der Waals surface area contributed by atoms with Gasteiger partial charge in [0.1, 0.15) is 12.3 Å². The van der Waals surface area contributed by atoms with Crippen molar-refractivity contribution in [2.45, 2.75) is 39.7 Å². The highest BCUT2D eigenvalue weighted by molar-refractivity contribution is 7.08.